The molecule has 1 aromatic carbocycles. The van der Waals surface area contributed by atoms with E-state index in [0.29, 0.717) is 12.2 Å². The highest BCUT2D eigenvalue weighted by Gasteiger charge is 2.72. The number of hydrogen-bond acceptors (Lipinski definition) is 3. The minimum Gasteiger partial charge on any atom is -0.468 e. The third kappa shape index (κ3) is 1.55. The second-order valence-corrected chi connectivity index (χ2v) is 6.96. The molecule has 0 aromatic heterocycles. The number of carbonyl (C=O) groups is 2. The van der Waals surface area contributed by atoms with Crippen LogP contribution < -0.4 is 0 Å². The number of ether oxygens (including phenoxy) is 1. The molecule has 110 valence electrons. The summed E-state index contributed by atoms with van der Waals surface area (Å²) in [4.78, 5) is 25.2. The Morgan fingerprint density at radius 2 is 1.95 bits per heavy atom. The highest BCUT2D eigenvalue weighted by Crippen LogP contribution is 2.72. The van der Waals surface area contributed by atoms with Crippen LogP contribution in [0, 0.1) is 17.3 Å². The summed E-state index contributed by atoms with van der Waals surface area (Å²) in [6.07, 6.45) is 4.42. The second-order valence-electron chi connectivity index (χ2n) is 6.96. The van der Waals surface area contributed by atoms with Crippen molar-refractivity contribution in [1.29, 1.82) is 0 Å². The molecule has 3 heteroatoms. The number of benzene rings is 1. The molecule has 3 atom stereocenters. The van der Waals surface area contributed by atoms with Gasteiger partial charge in [-0.05, 0) is 42.6 Å². The molecule has 0 amide bonds. The molecule has 21 heavy (non-hydrogen) atoms. The van der Waals surface area contributed by atoms with Crippen LogP contribution in [0.5, 0.6) is 0 Å². The average Bonchev–Trinajstić information content (AvgIpc) is 3.07. The van der Waals surface area contributed by atoms with E-state index in [4.69, 9.17) is 4.74 Å². The molecule has 0 radical (unpaired) electrons. The molecule has 1 aromatic rings. The van der Waals surface area contributed by atoms with E-state index >= 15 is 0 Å². The van der Waals surface area contributed by atoms with Crippen molar-refractivity contribution in [2.24, 2.45) is 17.3 Å². The monoisotopic (exact) mass is 284 g/mol. The molecule has 1 spiro atoms. The van der Waals surface area contributed by atoms with Crippen LogP contribution in [0.4, 0.5) is 0 Å². The van der Waals surface area contributed by atoms with Gasteiger partial charge in [-0.1, -0.05) is 30.3 Å². The molecule has 3 aliphatic rings. The number of rotatable bonds is 2. The summed E-state index contributed by atoms with van der Waals surface area (Å²) in [5.41, 5.74) is 0.511. The Kier molecular flexibility index (Phi) is 2.60. The Morgan fingerprint density at radius 1 is 1.24 bits per heavy atom. The molecule has 0 bridgehead atoms. The zero-order chi connectivity index (χ0) is 14.7. The highest BCUT2D eigenvalue weighted by atomic mass is 16.5. The topological polar surface area (TPSA) is 43.4 Å². The van der Waals surface area contributed by atoms with Gasteiger partial charge in [0.2, 0.25) is 0 Å². The van der Waals surface area contributed by atoms with E-state index in [1.807, 2.05) is 30.3 Å². The summed E-state index contributed by atoms with van der Waals surface area (Å²) in [5, 5.41) is 0. The lowest BCUT2D eigenvalue weighted by atomic mass is 9.70. The van der Waals surface area contributed by atoms with Crippen LogP contribution in [-0.2, 0) is 19.7 Å². The summed E-state index contributed by atoms with van der Waals surface area (Å²) in [7, 11) is 1.47. The van der Waals surface area contributed by atoms with Crippen molar-refractivity contribution < 1.29 is 14.3 Å². The smallest absolute Gasteiger partial charge is 0.316 e. The molecule has 0 unspecified atom stereocenters. The lowest BCUT2D eigenvalue weighted by Gasteiger charge is -2.32. The SMILES string of the molecule is COC(=O)[C@@]1(c2ccccc2)CC2(CC2)[C@H]2C(=O)CC[C@H]21. The molecule has 0 saturated heterocycles. The largest absolute Gasteiger partial charge is 0.468 e. The fourth-order valence-electron chi connectivity index (χ4n) is 5.16. The number of esters is 1. The van der Waals surface area contributed by atoms with E-state index < -0.39 is 5.41 Å². The summed E-state index contributed by atoms with van der Waals surface area (Å²) in [5.74, 6) is 0.431. The molecule has 3 aliphatic carbocycles. The first-order valence-corrected chi connectivity index (χ1v) is 7.81. The van der Waals surface area contributed by atoms with E-state index in [9.17, 15) is 9.59 Å². The van der Waals surface area contributed by atoms with Gasteiger partial charge in [0.1, 0.15) is 5.78 Å². The van der Waals surface area contributed by atoms with Crippen molar-refractivity contribution in [3.63, 3.8) is 0 Å². The maximum Gasteiger partial charge on any atom is 0.316 e. The highest BCUT2D eigenvalue weighted by molar-refractivity contribution is 5.92. The fraction of sp³-hybridized carbons (Fsp3) is 0.556. The number of methoxy groups -OCH3 is 1. The Bertz CT molecular complexity index is 602. The quantitative estimate of drug-likeness (QED) is 0.784. The molecule has 0 aliphatic heterocycles. The summed E-state index contributed by atoms with van der Waals surface area (Å²) < 4.78 is 5.21. The van der Waals surface area contributed by atoms with Gasteiger partial charge in [-0.3, -0.25) is 9.59 Å². The molecular formula is C18H20O3. The molecule has 3 saturated carbocycles. The van der Waals surface area contributed by atoms with Crippen molar-refractivity contribution in [1.82, 2.24) is 0 Å². The fourth-order valence-corrected chi connectivity index (χ4v) is 5.16. The van der Waals surface area contributed by atoms with Gasteiger partial charge in [0.05, 0.1) is 12.5 Å². The van der Waals surface area contributed by atoms with Gasteiger partial charge in [-0.2, -0.15) is 0 Å². The number of Topliss-reactive ketones (excluding diaryl/α,β-unsaturated/α-hetero) is 1. The Balaban J connectivity index is 1.89. The zero-order valence-electron chi connectivity index (χ0n) is 12.3. The van der Waals surface area contributed by atoms with Crippen LogP contribution in [0.1, 0.15) is 37.7 Å². The van der Waals surface area contributed by atoms with Crippen LogP contribution >= 0.6 is 0 Å². The summed E-state index contributed by atoms with van der Waals surface area (Å²) >= 11 is 0. The predicted molar refractivity (Wildman–Crippen MR) is 77.6 cm³/mol. The van der Waals surface area contributed by atoms with Gasteiger partial charge in [0.15, 0.2) is 0 Å². The van der Waals surface area contributed by atoms with Crippen molar-refractivity contribution in [3.8, 4) is 0 Å². The van der Waals surface area contributed by atoms with Crippen molar-refractivity contribution >= 4 is 11.8 Å². The zero-order valence-corrected chi connectivity index (χ0v) is 12.3. The number of fused-ring (bicyclic) bond motifs is 2. The summed E-state index contributed by atoms with van der Waals surface area (Å²) in [6, 6.07) is 9.97. The average molecular weight is 284 g/mol. The number of carbonyl (C=O) groups excluding carboxylic acids is 2. The van der Waals surface area contributed by atoms with Crippen LogP contribution in [-0.4, -0.2) is 18.9 Å². The van der Waals surface area contributed by atoms with Gasteiger partial charge in [-0.25, -0.2) is 0 Å². The first kappa shape index (κ1) is 13.1. The minimum absolute atomic E-state index is 0.0804. The van der Waals surface area contributed by atoms with Gasteiger partial charge >= 0.3 is 5.97 Å². The maximum atomic E-state index is 12.8. The maximum absolute atomic E-state index is 12.8. The lowest BCUT2D eigenvalue weighted by molar-refractivity contribution is -0.149. The Labute approximate surface area is 124 Å². The van der Waals surface area contributed by atoms with Gasteiger partial charge in [-0.15, -0.1) is 0 Å². The van der Waals surface area contributed by atoms with Crippen molar-refractivity contribution in [3.05, 3.63) is 35.9 Å². The molecule has 0 heterocycles. The minimum atomic E-state index is -0.608. The molecule has 3 nitrogen and oxygen atoms in total. The van der Waals surface area contributed by atoms with Crippen LogP contribution in [0.25, 0.3) is 0 Å². The van der Waals surface area contributed by atoms with E-state index in [2.05, 4.69) is 0 Å². The predicted octanol–water partition coefficient (Wildman–Crippen LogP) is 2.88. The van der Waals surface area contributed by atoms with Gasteiger partial charge in [0, 0.05) is 12.3 Å². The Hall–Kier alpha value is -1.64. The van der Waals surface area contributed by atoms with Gasteiger partial charge < -0.3 is 4.74 Å². The van der Waals surface area contributed by atoms with Crippen LogP contribution in [0.15, 0.2) is 30.3 Å². The van der Waals surface area contributed by atoms with Crippen molar-refractivity contribution in [2.75, 3.05) is 7.11 Å². The third-order valence-corrected chi connectivity index (χ3v) is 6.11. The molecule has 0 N–H and O–H groups in total. The van der Waals surface area contributed by atoms with E-state index in [-0.39, 0.29) is 23.2 Å². The normalized spacial score (nSPS) is 35.8. The van der Waals surface area contributed by atoms with E-state index in [1.54, 1.807) is 0 Å². The summed E-state index contributed by atoms with van der Waals surface area (Å²) in [6.45, 7) is 0. The van der Waals surface area contributed by atoms with E-state index in [1.165, 1.54) is 7.11 Å². The number of hydrogen-bond donors (Lipinski definition) is 0. The molecule has 3 fully saturated rings. The lowest BCUT2D eigenvalue weighted by Crippen LogP contribution is -2.41. The van der Waals surface area contributed by atoms with E-state index in [0.717, 1.165) is 31.2 Å². The molecule has 4 rings (SSSR count). The van der Waals surface area contributed by atoms with Crippen molar-refractivity contribution in [2.45, 2.75) is 37.5 Å². The number of ketones is 1. The second kappa shape index (κ2) is 4.19. The third-order valence-electron chi connectivity index (χ3n) is 6.11. The standard InChI is InChI=1S/C18H20O3/c1-21-16(20)18(12-5-3-2-4-6-12)11-17(9-10-17)15-13(18)7-8-14(15)19/h2-6,13,15H,7-11H2,1H3/t13-,15-,18-/m1/s1. The first-order chi connectivity index (χ1) is 10.1. The first-order valence-electron chi connectivity index (χ1n) is 7.81. The Morgan fingerprint density at radius 3 is 2.57 bits per heavy atom. The van der Waals surface area contributed by atoms with Gasteiger partial charge in [0.25, 0.3) is 0 Å². The van der Waals surface area contributed by atoms with Crippen LogP contribution in [0.2, 0.25) is 0 Å². The molecular weight excluding hydrogens is 264 g/mol. The van der Waals surface area contributed by atoms with Crippen LogP contribution in [0.3, 0.4) is 0 Å².